The van der Waals surface area contributed by atoms with Gasteiger partial charge < -0.3 is 14.6 Å². The summed E-state index contributed by atoms with van der Waals surface area (Å²) >= 11 is 0. The van der Waals surface area contributed by atoms with E-state index in [1.807, 2.05) is 4.90 Å². The highest BCUT2D eigenvalue weighted by Crippen LogP contribution is 2.33. The van der Waals surface area contributed by atoms with Crippen molar-refractivity contribution in [1.82, 2.24) is 4.90 Å². The molecular formula is C14H17F4NO3. The van der Waals surface area contributed by atoms with Crippen LogP contribution in [-0.4, -0.2) is 55.6 Å². The van der Waals surface area contributed by atoms with Gasteiger partial charge in [-0.2, -0.15) is 13.2 Å². The summed E-state index contributed by atoms with van der Waals surface area (Å²) in [5.74, 6) is -1.48. The molecular weight excluding hydrogens is 306 g/mol. The molecule has 4 nitrogen and oxygen atoms in total. The van der Waals surface area contributed by atoms with Gasteiger partial charge in [0.25, 0.3) is 0 Å². The number of morpholine rings is 1. The van der Waals surface area contributed by atoms with E-state index in [1.54, 1.807) is 0 Å². The van der Waals surface area contributed by atoms with E-state index in [0.717, 1.165) is 6.07 Å². The van der Waals surface area contributed by atoms with Crippen molar-refractivity contribution >= 4 is 0 Å². The van der Waals surface area contributed by atoms with Crippen LogP contribution in [0.3, 0.4) is 0 Å². The van der Waals surface area contributed by atoms with Crippen molar-refractivity contribution in [2.24, 2.45) is 0 Å². The van der Waals surface area contributed by atoms with Crippen LogP contribution >= 0.6 is 0 Å². The van der Waals surface area contributed by atoms with Crippen LogP contribution in [0.5, 0.6) is 5.75 Å². The molecule has 0 bridgehead atoms. The van der Waals surface area contributed by atoms with Gasteiger partial charge in [-0.1, -0.05) is 0 Å². The van der Waals surface area contributed by atoms with E-state index in [0.29, 0.717) is 45.0 Å². The molecule has 0 radical (unpaired) electrons. The van der Waals surface area contributed by atoms with E-state index >= 15 is 0 Å². The molecule has 1 N–H and O–H groups in total. The predicted octanol–water partition coefficient (Wildman–Crippen LogP) is 1.92. The van der Waals surface area contributed by atoms with Crippen molar-refractivity contribution in [3.8, 4) is 5.75 Å². The van der Waals surface area contributed by atoms with Crippen molar-refractivity contribution in [1.29, 1.82) is 0 Å². The fourth-order valence-electron chi connectivity index (χ4n) is 2.14. The Morgan fingerprint density at radius 2 is 1.95 bits per heavy atom. The number of alkyl halides is 3. The Morgan fingerprint density at radius 1 is 1.27 bits per heavy atom. The van der Waals surface area contributed by atoms with Crippen molar-refractivity contribution in [2.75, 3.05) is 39.5 Å². The van der Waals surface area contributed by atoms with Crippen LogP contribution in [0.25, 0.3) is 0 Å². The molecule has 8 heteroatoms. The number of rotatable bonds is 5. The van der Waals surface area contributed by atoms with Crippen LogP contribution < -0.4 is 4.74 Å². The lowest BCUT2D eigenvalue weighted by atomic mass is 10.2. The Hall–Kier alpha value is -1.38. The zero-order chi connectivity index (χ0) is 16.2. The lowest BCUT2D eigenvalue weighted by Crippen LogP contribution is -2.42. The van der Waals surface area contributed by atoms with Gasteiger partial charge in [0, 0.05) is 19.6 Å². The third-order valence-electron chi connectivity index (χ3n) is 3.26. The zero-order valence-corrected chi connectivity index (χ0v) is 11.8. The van der Waals surface area contributed by atoms with Gasteiger partial charge in [0.2, 0.25) is 0 Å². The minimum Gasteiger partial charge on any atom is -0.491 e. The maximum absolute atomic E-state index is 13.1. The van der Waals surface area contributed by atoms with Gasteiger partial charge in [0.1, 0.15) is 24.3 Å². The van der Waals surface area contributed by atoms with Crippen LogP contribution in [0.4, 0.5) is 17.6 Å². The van der Waals surface area contributed by atoms with Gasteiger partial charge in [-0.3, -0.25) is 4.90 Å². The minimum atomic E-state index is -4.78. The second-order valence-electron chi connectivity index (χ2n) is 5.02. The van der Waals surface area contributed by atoms with Crippen LogP contribution in [0.2, 0.25) is 0 Å². The number of β-amino-alcohol motifs (C(OH)–C–C–N with tert-alkyl or cyclic N) is 1. The third kappa shape index (κ3) is 4.82. The smallest absolute Gasteiger partial charge is 0.419 e. The van der Waals surface area contributed by atoms with E-state index in [1.165, 1.54) is 0 Å². The fourth-order valence-corrected chi connectivity index (χ4v) is 2.14. The van der Waals surface area contributed by atoms with Crippen LogP contribution in [0.15, 0.2) is 18.2 Å². The van der Waals surface area contributed by atoms with E-state index in [9.17, 15) is 22.7 Å². The zero-order valence-electron chi connectivity index (χ0n) is 11.8. The first-order valence-electron chi connectivity index (χ1n) is 6.84. The number of hydrogen-bond acceptors (Lipinski definition) is 4. The minimum absolute atomic E-state index is 0.130. The van der Waals surface area contributed by atoms with Gasteiger partial charge in [-0.05, 0) is 18.2 Å². The molecule has 1 fully saturated rings. The Morgan fingerprint density at radius 3 is 2.59 bits per heavy atom. The highest BCUT2D eigenvalue weighted by Gasteiger charge is 2.34. The van der Waals surface area contributed by atoms with Gasteiger partial charge in [0.05, 0.1) is 18.8 Å². The Balaban J connectivity index is 1.88. The summed E-state index contributed by atoms with van der Waals surface area (Å²) in [5, 5.41) is 9.84. The molecule has 2 rings (SSSR count). The van der Waals surface area contributed by atoms with Crippen molar-refractivity contribution in [2.45, 2.75) is 12.3 Å². The summed E-state index contributed by atoms with van der Waals surface area (Å²) in [7, 11) is 0. The molecule has 124 valence electrons. The third-order valence-corrected chi connectivity index (χ3v) is 3.26. The molecule has 0 aliphatic carbocycles. The normalized spacial score (nSPS) is 18.2. The Bertz CT molecular complexity index is 489. The first-order valence-corrected chi connectivity index (χ1v) is 6.84. The molecule has 1 aromatic rings. The van der Waals surface area contributed by atoms with Crippen LogP contribution in [-0.2, 0) is 10.9 Å². The molecule has 22 heavy (non-hydrogen) atoms. The largest absolute Gasteiger partial charge is 0.491 e. The highest BCUT2D eigenvalue weighted by molar-refractivity contribution is 5.31. The lowest BCUT2D eigenvalue weighted by Gasteiger charge is -2.28. The van der Waals surface area contributed by atoms with E-state index < -0.39 is 23.7 Å². The van der Waals surface area contributed by atoms with Crippen LogP contribution in [0, 0.1) is 5.82 Å². The Labute approximate surface area is 125 Å². The topological polar surface area (TPSA) is 41.9 Å². The number of halogens is 4. The first-order chi connectivity index (χ1) is 10.4. The molecule has 0 aromatic heterocycles. The van der Waals surface area contributed by atoms with E-state index in [-0.39, 0.29) is 12.4 Å². The summed E-state index contributed by atoms with van der Waals surface area (Å²) in [6.07, 6.45) is -5.63. The maximum Gasteiger partial charge on any atom is 0.419 e. The average Bonchev–Trinajstić information content (AvgIpc) is 2.46. The summed E-state index contributed by atoms with van der Waals surface area (Å²) < 4.78 is 61.1. The fraction of sp³-hybridized carbons (Fsp3) is 0.571. The van der Waals surface area contributed by atoms with Gasteiger partial charge in [-0.15, -0.1) is 0 Å². The molecule has 1 aliphatic rings. The number of aliphatic hydroxyl groups excluding tert-OH is 1. The van der Waals surface area contributed by atoms with E-state index in [2.05, 4.69) is 0 Å². The standard InChI is InChI=1S/C14H17F4NO3/c15-13-2-1-11(7-12(13)14(16,17)18)22-9-10(20)8-19-3-5-21-6-4-19/h1-2,7,10,20H,3-6,8-9H2/t10-/m0/s1. The van der Waals surface area contributed by atoms with Crippen LogP contribution in [0.1, 0.15) is 5.56 Å². The van der Waals surface area contributed by atoms with E-state index in [4.69, 9.17) is 9.47 Å². The van der Waals surface area contributed by atoms with Gasteiger partial charge in [-0.25, -0.2) is 4.39 Å². The molecule has 1 atom stereocenters. The highest BCUT2D eigenvalue weighted by atomic mass is 19.4. The average molecular weight is 323 g/mol. The summed E-state index contributed by atoms with van der Waals surface area (Å²) in [4.78, 5) is 1.98. The monoisotopic (exact) mass is 323 g/mol. The van der Waals surface area contributed by atoms with Crippen molar-refractivity contribution in [3.63, 3.8) is 0 Å². The molecule has 1 aromatic carbocycles. The quantitative estimate of drug-likeness (QED) is 0.841. The van der Waals surface area contributed by atoms with Gasteiger partial charge >= 0.3 is 6.18 Å². The molecule has 0 amide bonds. The number of ether oxygens (including phenoxy) is 2. The summed E-state index contributed by atoms with van der Waals surface area (Å²) in [5.41, 5.74) is -1.38. The predicted molar refractivity (Wildman–Crippen MR) is 70.2 cm³/mol. The second kappa shape index (κ2) is 7.26. The van der Waals surface area contributed by atoms with Gasteiger partial charge in [0.15, 0.2) is 0 Å². The summed E-state index contributed by atoms with van der Waals surface area (Å²) in [6.45, 7) is 2.72. The molecule has 1 heterocycles. The molecule has 0 spiro atoms. The number of hydrogen-bond donors (Lipinski definition) is 1. The lowest BCUT2D eigenvalue weighted by molar-refractivity contribution is -0.140. The maximum atomic E-state index is 13.1. The molecule has 0 unspecified atom stereocenters. The number of benzene rings is 1. The number of nitrogens with zero attached hydrogens (tertiary/aromatic N) is 1. The second-order valence-corrected chi connectivity index (χ2v) is 5.02. The molecule has 1 aliphatic heterocycles. The first kappa shape index (κ1) is 17.0. The van der Waals surface area contributed by atoms with Crippen molar-refractivity contribution in [3.05, 3.63) is 29.6 Å². The SMILES string of the molecule is O[C@H](COc1ccc(F)c(C(F)(F)F)c1)CN1CCOCC1. The summed E-state index contributed by atoms with van der Waals surface area (Å²) in [6, 6.07) is 2.40. The molecule has 1 saturated heterocycles. The molecule has 0 saturated carbocycles. The van der Waals surface area contributed by atoms with Crippen molar-refractivity contribution < 1.29 is 32.1 Å². The Kier molecular flexibility index (Phi) is 5.60. The number of aliphatic hydroxyl groups is 1.